The van der Waals surface area contributed by atoms with Gasteiger partial charge in [-0.3, -0.25) is 14.4 Å². The third kappa shape index (κ3) is 3.74. The summed E-state index contributed by atoms with van der Waals surface area (Å²) in [5.41, 5.74) is 5.10. The summed E-state index contributed by atoms with van der Waals surface area (Å²) in [6, 6.07) is 15.5. The van der Waals surface area contributed by atoms with E-state index in [0.717, 1.165) is 27.9 Å². The molecule has 0 aliphatic heterocycles. The lowest BCUT2D eigenvalue weighted by molar-refractivity contribution is 0.601. The second-order valence-electron chi connectivity index (χ2n) is 7.31. The Hall–Kier alpha value is -3.62. The molecule has 5 rings (SSSR count). The zero-order valence-electron chi connectivity index (χ0n) is 17.0. The number of hydrogen-bond donors (Lipinski definition) is 1. The highest BCUT2D eigenvalue weighted by molar-refractivity contribution is 7.92. The predicted molar refractivity (Wildman–Crippen MR) is 125 cm³/mol. The second-order valence-corrected chi connectivity index (χ2v) is 9.37. The van der Waals surface area contributed by atoms with E-state index in [9.17, 15) is 8.42 Å². The van der Waals surface area contributed by atoms with Crippen molar-refractivity contribution in [2.24, 2.45) is 7.05 Å². The molecule has 0 saturated carbocycles. The summed E-state index contributed by atoms with van der Waals surface area (Å²) in [5.74, 6) is 0. The second kappa shape index (κ2) is 7.81. The Balaban J connectivity index is 1.46. The van der Waals surface area contributed by atoms with Crippen LogP contribution in [0, 0.1) is 0 Å². The molecule has 7 nitrogen and oxygen atoms in total. The van der Waals surface area contributed by atoms with Crippen molar-refractivity contribution in [2.75, 3.05) is 4.72 Å². The Labute approximate surface area is 190 Å². The maximum Gasteiger partial charge on any atom is 0.263 e. The van der Waals surface area contributed by atoms with Gasteiger partial charge in [0.25, 0.3) is 10.0 Å². The Bertz CT molecular complexity index is 1540. The van der Waals surface area contributed by atoms with E-state index in [1.54, 1.807) is 41.2 Å². The van der Waals surface area contributed by atoms with E-state index in [4.69, 9.17) is 11.6 Å². The molecule has 0 radical (unpaired) electrons. The highest BCUT2D eigenvalue weighted by Crippen LogP contribution is 2.30. The molecule has 0 saturated heterocycles. The van der Waals surface area contributed by atoms with Gasteiger partial charge < -0.3 is 4.40 Å². The van der Waals surface area contributed by atoms with Crippen LogP contribution >= 0.6 is 11.6 Å². The van der Waals surface area contributed by atoms with Crippen molar-refractivity contribution < 1.29 is 8.42 Å². The van der Waals surface area contributed by atoms with Crippen LogP contribution in [-0.4, -0.2) is 27.6 Å². The number of fused-ring (bicyclic) bond motifs is 1. The number of nitrogens with zero attached hydrogens (tertiary/aromatic N) is 4. The third-order valence-electron chi connectivity index (χ3n) is 5.10. The molecule has 0 unspecified atom stereocenters. The first-order valence-electron chi connectivity index (χ1n) is 9.74. The summed E-state index contributed by atoms with van der Waals surface area (Å²) in [4.78, 5) is 4.59. The predicted octanol–water partition coefficient (Wildman–Crippen LogP) is 4.86. The molecule has 0 bridgehead atoms. The molecule has 1 N–H and O–H groups in total. The van der Waals surface area contributed by atoms with Crippen LogP contribution in [0.4, 0.5) is 5.69 Å². The van der Waals surface area contributed by atoms with Crippen LogP contribution in [-0.2, 0) is 17.1 Å². The van der Waals surface area contributed by atoms with Gasteiger partial charge in [0.2, 0.25) is 0 Å². The molecule has 0 spiro atoms. The molecular weight excluding hydrogens is 446 g/mol. The number of benzene rings is 2. The largest absolute Gasteiger partial charge is 0.320 e. The van der Waals surface area contributed by atoms with Gasteiger partial charge in [0.15, 0.2) is 0 Å². The summed E-state index contributed by atoms with van der Waals surface area (Å²) in [6.07, 6.45) is 9.45. The van der Waals surface area contributed by atoms with Crippen molar-refractivity contribution in [3.8, 4) is 22.4 Å². The van der Waals surface area contributed by atoms with Crippen LogP contribution in [0.1, 0.15) is 0 Å². The van der Waals surface area contributed by atoms with Gasteiger partial charge in [-0.25, -0.2) is 8.42 Å². The molecule has 2 aromatic carbocycles. The minimum absolute atomic E-state index is 0.0355. The summed E-state index contributed by atoms with van der Waals surface area (Å²) in [5, 5.41) is 4.41. The van der Waals surface area contributed by atoms with Gasteiger partial charge in [0, 0.05) is 54.2 Å². The highest BCUT2D eigenvalue weighted by Gasteiger charge is 2.17. The molecule has 9 heteroatoms. The van der Waals surface area contributed by atoms with Crippen LogP contribution in [0.5, 0.6) is 0 Å². The molecule has 32 heavy (non-hydrogen) atoms. The average molecular weight is 464 g/mol. The summed E-state index contributed by atoms with van der Waals surface area (Å²) in [7, 11) is -1.91. The van der Waals surface area contributed by atoms with Crippen LogP contribution in [0.25, 0.3) is 27.9 Å². The van der Waals surface area contributed by atoms with Gasteiger partial charge in [-0.2, -0.15) is 5.10 Å². The Kier molecular flexibility index (Phi) is 4.96. The Morgan fingerprint density at radius 2 is 1.75 bits per heavy atom. The molecule has 0 atom stereocenters. The van der Waals surface area contributed by atoms with Crippen molar-refractivity contribution >= 4 is 32.8 Å². The number of anilines is 1. The first kappa shape index (κ1) is 20.3. The number of rotatable bonds is 5. The minimum atomic E-state index is -3.79. The first-order valence-corrected chi connectivity index (χ1v) is 11.6. The molecule has 3 aromatic heterocycles. The van der Waals surface area contributed by atoms with Gasteiger partial charge in [0.05, 0.1) is 22.4 Å². The number of aryl methyl sites for hydroxylation is 1. The quantitative estimate of drug-likeness (QED) is 0.403. The molecule has 160 valence electrons. The lowest BCUT2D eigenvalue weighted by Gasteiger charge is -2.10. The summed E-state index contributed by atoms with van der Waals surface area (Å²) >= 11 is 6.05. The minimum Gasteiger partial charge on any atom is -0.320 e. The molecule has 0 aliphatic carbocycles. The van der Waals surface area contributed by atoms with Crippen molar-refractivity contribution in [1.29, 1.82) is 0 Å². The first-order chi connectivity index (χ1) is 15.4. The topological polar surface area (TPSA) is 81.3 Å². The fraction of sp³-hybridized carbons (Fsp3) is 0.0435. The number of hydrogen-bond acceptors (Lipinski definition) is 4. The van der Waals surface area contributed by atoms with Crippen molar-refractivity contribution in [1.82, 2.24) is 19.2 Å². The van der Waals surface area contributed by atoms with Crippen LogP contribution in [0.3, 0.4) is 0 Å². The van der Waals surface area contributed by atoms with Crippen LogP contribution in [0.15, 0.2) is 90.5 Å². The van der Waals surface area contributed by atoms with E-state index in [1.165, 1.54) is 6.07 Å². The SMILES string of the molecule is Cn1cc(-c2cc3c(-c4ccc(NS(=O)(=O)c5ccccc5Cl)cc4)nccn3c2)cn1. The van der Waals surface area contributed by atoms with Gasteiger partial charge in [0.1, 0.15) is 4.90 Å². The monoisotopic (exact) mass is 463 g/mol. The van der Waals surface area contributed by atoms with Gasteiger partial charge in [-0.1, -0.05) is 35.9 Å². The number of nitrogens with one attached hydrogen (secondary N) is 1. The van der Waals surface area contributed by atoms with Crippen molar-refractivity contribution in [2.45, 2.75) is 4.90 Å². The standard InChI is InChI=1S/C23H18ClN5O2S/c1-28-14-18(13-26-28)17-12-21-23(25-10-11-29(21)15-17)16-6-8-19(9-7-16)27-32(30,31)22-5-3-2-4-20(22)24/h2-15,27H,1H3. The van der Waals surface area contributed by atoms with E-state index in [0.29, 0.717) is 5.69 Å². The molecule has 0 fully saturated rings. The van der Waals surface area contributed by atoms with E-state index in [2.05, 4.69) is 20.9 Å². The number of halogens is 1. The zero-order chi connectivity index (χ0) is 22.3. The van der Waals surface area contributed by atoms with Crippen molar-refractivity contribution in [3.05, 3.63) is 90.6 Å². The van der Waals surface area contributed by atoms with Crippen LogP contribution in [0.2, 0.25) is 5.02 Å². The zero-order valence-corrected chi connectivity index (χ0v) is 18.5. The average Bonchev–Trinajstić information content (AvgIpc) is 3.40. The normalized spacial score (nSPS) is 11.7. The summed E-state index contributed by atoms with van der Waals surface area (Å²) in [6.45, 7) is 0. The molecule has 0 amide bonds. The van der Waals surface area contributed by atoms with Crippen LogP contribution < -0.4 is 4.72 Å². The van der Waals surface area contributed by atoms with E-state index in [1.807, 2.05) is 48.4 Å². The maximum absolute atomic E-state index is 12.7. The molecule has 5 aromatic rings. The molecule has 0 aliphatic rings. The molecular formula is C23H18ClN5O2S. The summed E-state index contributed by atoms with van der Waals surface area (Å²) < 4.78 is 31.7. The van der Waals surface area contributed by atoms with E-state index in [-0.39, 0.29) is 9.92 Å². The fourth-order valence-electron chi connectivity index (χ4n) is 3.56. The van der Waals surface area contributed by atoms with Gasteiger partial charge in [-0.15, -0.1) is 0 Å². The highest BCUT2D eigenvalue weighted by atomic mass is 35.5. The smallest absolute Gasteiger partial charge is 0.263 e. The number of sulfonamides is 1. The van der Waals surface area contributed by atoms with Gasteiger partial charge in [-0.05, 0) is 30.3 Å². The van der Waals surface area contributed by atoms with E-state index >= 15 is 0 Å². The Morgan fingerprint density at radius 3 is 2.47 bits per heavy atom. The van der Waals surface area contributed by atoms with Gasteiger partial charge >= 0.3 is 0 Å². The third-order valence-corrected chi connectivity index (χ3v) is 6.98. The lowest BCUT2D eigenvalue weighted by Crippen LogP contribution is -2.13. The molecule has 3 heterocycles. The lowest BCUT2D eigenvalue weighted by atomic mass is 10.1. The van der Waals surface area contributed by atoms with E-state index < -0.39 is 10.0 Å². The number of aromatic nitrogens is 4. The van der Waals surface area contributed by atoms with Crippen molar-refractivity contribution in [3.63, 3.8) is 0 Å². The fourth-order valence-corrected chi connectivity index (χ4v) is 5.14. The maximum atomic E-state index is 12.7. The Morgan fingerprint density at radius 1 is 0.969 bits per heavy atom.